The van der Waals surface area contributed by atoms with Crippen LogP contribution in [-0.4, -0.2) is 12.6 Å². The van der Waals surface area contributed by atoms with Gasteiger partial charge in [-0.05, 0) is 38.5 Å². The minimum absolute atomic E-state index is 0.0104. The lowest BCUT2D eigenvalue weighted by Gasteiger charge is -2.28. The summed E-state index contributed by atoms with van der Waals surface area (Å²) in [7, 11) is 0. The van der Waals surface area contributed by atoms with Crippen molar-refractivity contribution in [2.45, 2.75) is 47.0 Å². The van der Waals surface area contributed by atoms with Crippen LogP contribution in [-0.2, 0) is 9.53 Å². The Hall–Kier alpha value is -0.530. The molecule has 2 heteroatoms. The van der Waals surface area contributed by atoms with E-state index in [0.717, 1.165) is 12.8 Å². The highest BCUT2D eigenvalue weighted by Crippen LogP contribution is 2.48. The van der Waals surface area contributed by atoms with E-state index < -0.39 is 0 Å². The van der Waals surface area contributed by atoms with Crippen LogP contribution < -0.4 is 0 Å². The van der Waals surface area contributed by atoms with Crippen molar-refractivity contribution in [1.82, 2.24) is 0 Å². The van der Waals surface area contributed by atoms with Gasteiger partial charge in [0.15, 0.2) is 0 Å². The third-order valence-corrected chi connectivity index (χ3v) is 3.59. The van der Waals surface area contributed by atoms with Gasteiger partial charge in [-0.1, -0.05) is 20.3 Å². The van der Waals surface area contributed by atoms with Crippen molar-refractivity contribution in [1.29, 1.82) is 0 Å². The summed E-state index contributed by atoms with van der Waals surface area (Å²) in [5.41, 5.74) is -0.218. The highest BCUT2D eigenvalue weighted by molar-refractivity contribution is 5.77. The molecule has 1 rings (SSSR count). The topological polar surface area (TPSA) is 26.3 Å². The predicted molar refractivity (Wildman–Crippen MR) is 56.9 cm³/mol. The first kappa shape index (κ1) is 11.5. The summed E-state index contributed by atoms with van der Waals surface area (Å²) in [4.78, 5) is 11.9. The number of carbonyl (C=O) groups excluding carboxylic acids is 1. The summed E-state index contributed by atoms with van der Waals surface area (Å²) < 4.78 is 5.17. The highest BCUT2D eigenvalue weighted by Gasteiger charge is 2.47. The Labute approximate surface area is 87.0 Å². The molecule has 0 aromatic heterocycles. The smallest absolute Gasteiger partial charge is 0.312 e. The van der Waals surface area contributed by atoms with Crippen LogP contribution in [0.2, 0.25) is 0 Å². The molecule has 0 aliphatic heterocycles. The van der Waals surface area contributed by atoms with Gasteiger partial charge in [-0.25, -0.2) is 0 Å². The van der Waals surface area contributed by atoms with Crippen LogP contribution >= 0.6 is 0 Å². The lowest BCUT2D eigenvalue weighted by molar-refractivity contribution is -0.156. The first-order valence-corrected chi connectivity index (χ1v) is 5.71. The monoisotopic (exact) mass is 198 g/mol. The molecule has 0 bridgehead atoms. The lowest BCUT2D eigenvalue weighted by atomic mass is 9.78. The molecule has 1 fully saturated rings. The van der Waals surface area contributed by atoms with E-state index in [9.17, 15) is 4.79 Å². The number of rotatable bonds is 3. The molecule has 1 saturated carbocycles. The average Bonchev–Trinajstić information content (AvgIpc) is 2.43. The lowest BCUT2D eigenvalue weighted by Crippen LogP contribution is -2.33. The van der Waals surface area contributed by atoms with Gasteiger partial charge in [0.1, 0.15) is 0 Å². The molecule has 3 unspecified atom stereocenters. The Morgan fingerprint density at radius 1 is 1.50 bits per heavy atom. The van der Waals surface area contributed by atoms with E-state index >= 15 is 0 Å². The van der Waals surface area contributed by atoms with E-state index in [-0.39, 0.29) is 11.4 Å². The van der Waals surface area contributed by atoms with Crippen molar-refractivity contribution in [3.8, 4) is 0 Å². The van der Waals surface area contributed by atoms with E-state index in [4.69, 9.17) is 4.74 Å². The molecule has 0 aromatic rings. The molecule has 14 heavy (non-hydrogen) atoms. The molecule has 82 valence electrons. The second kappa shape index (κ2) is 4.33. The van der Waals surface area contributed by atoms with Crippen LogP contribution in [0.3, 0.4) is 0 Å². The van der Waals surface area contributed by atoms with Crippen LogP contribution in [0.5, 0.6) is 0 Å². The molecule has 0 heterocycles. The molecule has 0 spiro atoms. The first-order chi connectivity index (χ1) is 6.54. The van der Waals surface area contributed by atoms with Crippen molar-refractivity contribution in [2.75, 3.05) is 6.61 Å². The fourth-order valence-electron chi connectivity index (χ4n) is 2.88. The SMILES string of the molecule is CCOC(=O)C1(C)CC(C)CC1CC. The summed E-state index contributed by atoms with van der Waals surface area (Å²) in [6, 6.07) is 0. The zero-order valence-electron chi connectivity index (χ0n) is 9.80. The Morgan fingerprint density at radius 3 is 2.64 bits per heavy atom. The molecule has 0 aromatic carbocycles. The number of ether oxygens (including phenoxy) is 1. The molecular formula is C12H22O2. The van der Waals surface area contributed by atoms with Crippen molar-refractivity contribution >= 4 is 5.97 Å². The summed E-state index contributed by atoms with van der Waals surface area (Å²) in [5, 5.41) is 0. The second-order valence-corrected chi connectivity index (χ2v) is 4.79. The molecule has 1 aliphatic rings. The molecule has 0 amide bonds. The highest BCUT2D eigenvalue weighted by atomic mass is 16.5. The van der Waals surface area contributed by atoms with Crippen LogP contribution in [0.15, 0.2) is 0 Å². The first-order valence-electron chi connectivity index (χ1n) is 5.71. The van der Waals surface area contributed by atoms with Crippen molar-refractivity contribution in [3.63, 3.8) is 0 Å². The molecular weight excluding hydrogens is 176 g/mol. The van der Waals surface area contributed by atoms with Gasteiger partial charge in [0.25, 0.3) is 0 Å². The largest absolute Gasteiger partial charge is 0.466 e. The zero-order chi connectivity index (χ0) is 10.8. The number of hydrogen-bond donors (Lipinski definition) is 0. The Balaban J connectivity index is 2.75. The number of hydrogen-bond acceptors (Lipinski definition) is 2. The molecule has 0 N–H and O–H groups in total. The summed E-state index contributed by atoms with van der Waals surface area (Å²) in [6.45, 7) is 8.84. The van der Waals surface area contributed by atoms with Gasteiger partial charge in [0.05, 0.1) is 12.0 Å². The third-order valence-electron chi connectivity index (χ3n) is 3.59. The standard InChI is InChI=1S/C12H22O2/c1-5-10-7-9(3)8-12(10,4)11(13)14-6-2/h9-10H,5-8H2,1-4H3. The number of esters is 1. The summed E-state index contributed by atoms with van der Waals surface area (Å²) in [6.07, 6.45) is 3.25. The van der Waals surface area contributed by atoms with Gasteiger partial charge < -0.3 is 4.74 Å². The van der Waals surface area contributed by atoms with Crippen molar-refractivity contribution in [3.05, 3.63) is 0 Å². The summed E-state index contributed by atoms with van der Waals surface area (Å²) >= 11 is 0. The fraction of sp³-hybridized carbons (Fsp3) is 0.917. The third kappa shape index (κ3) is 1.94. The van der Waals surface area contributed by atoms with Gasteiger partial charge in [-0.15, -0.1) is 0 Å². The van der Waals surface area contributed by atoms with Gasteiger partial charge in [-0.3, -0.25) is 4.79 Å². The maximum Gasteiger partial charge on any atom is 0.312 e. The predicted octanol–water partition coefficient (Wildman–Crippen LogP) is 3.01. The van der Waals surface area contributed by atoms with E-state index in [1.807, 2.05) is 6.92 Å². The summed E-state index contributed by atoms with van der Waals surface area (Å²) in [5.74, 6) is 1.18. The van der Waals surface area contributed by atoms with Crippen LogP contribution in [0.25, 0.3) is 0 Å². The Morgan fingerprint density at radius 2 is 2.14 bits per heavy atom. The Bertz CT molecular complexity index is 212. The van der Waals surface area contributed by atoms with Crippen LogP contribution in [0, 0.1) is 17.3 Å². The molecule has 1 aliphatic carbocycles. The van der Waals surface area contributed by atoms with Crippen LogP contribution in [0.4, 0.5) is 0 Å². The minimum atomic E-state index is -0.218. The molecule has 0 radical (unpaired) electrons. The fourth-order valence-corrected chi connectivity index (χ4v) is 2.88. The Kier molecular flexibility index (Phi) is 3.57. The number of carbonyl (C=O) groups is 1. The van der Waals surface area contributed by atoms with E-state index in [0.29, 0.717) is 18.4 Å². The normalized spacial score (nSPS) is 37.1. The maximum absolute atomic E-state index is 11.9. The van der Waals surface area contributed by atoms with Crippen LogP contribution in [0.1, 0.15) is 47.0 Å². The minimum Gasteiger partial charge on any atom is -0.466 e. The maximum atomic E-state index is 11.9. The molecule has 0 saturated heterocycles. The van der Waals surface area contributed by atoms with E-state index in [1.165, 1.54) is 6.42 Å². The van der Waals surface area contributed by atoms with Crippen molar-refractivity contribution < 1.29 is 9.53 Å². The van der Waals surface area contributed by atoms with Gasteiger partial charge in [0.2, 0.25) is 0 Å². The second-order valence-electron chi connectivity index (χ2n) is 4.79. The zero-order valence-corrected chi connectivity index (χ0v) is 9.80. The van der Waals surface area contributed by atoms with Gasteiger partial charge >= 0.3 is 5.97 Å². The molecule has 3 atom stereocenters. The quantitative estimate of drug-likeness (QED) is 0.652. The van der Waals surface area contributed by atoms with Gasteiger partial charge in [-0.2, -0.15) is 0 Å². The van der Waals surface area contributed by atoms with E-state index in [2.05, 4.69) is 20.8 Å². The molecule has 2 nitrogen and oxygen atoms in total. The average molecular weight is 198 g/mol. The van der Waals surface area contributed by atoms with Crippen molar-refractivity contribution in [2.24, 2.45) is 17.3 Å². The van der Waals surface area contributed by atoms with Gasteiger partial charge in [0, 0.05) is 0 Å². The van der Waals surface area contributed by atoms with E-state index in [1.54, 1.807) is 0 Å².